The number of rotatable bonds is 6. The SMILES string of the molecule is CCn1c(=O)c2sccc2n2c(CCCC(=O)Nc3ccc(F)c(Cl)c3)nnc12. The van der Waals surface area contributed by atoms with Gasteiger partial charge in [0.1, 0.15) is 16.3 Å². The fourth-order valence-corrected chi connectivity index (χ4v) is 4.24. The first-order valence-electron chi connectivity index (χ1n) is 9.08. The van der Waals surface area contributed by atoms with Crippen molar-refractivity contribution in [1.29, 1.82) is 0 Å². The Morgan fingerprint density at radius 3 is 2.90 bits per heavy atom. The number of hydrogen-bond donors (Lipinski definition) is 1. The van der Waals surface area contributed by atoms with E-state index in [9.17, 15) is 14.0 Å². The summed E-state index contributed by atoms with van der Waals surface area (Å²) in [6.07, 6.45) is 1.31. The molecule has 0 radical (unpaired) electrons. The molecule has 1 amide bonds. The van der Waals surface area contributed by atoms with Gasteiger partial charge in [-0.3, -0.25) is 18.6 Å². The van der Waals surface area contributed by atoms with E-state index in [4.69, 9.17) is 11.6 Å². The molecule has 0 aliphatic rings. The number of nitrogens with zero attached hydrogens (tertiary/aromatic N) is 4. The Balaban J connectivity index is 1.50. The third kappa shape index (κ3) is 3.63. The number of carbonyl (C=O) groups is 1. The van der Waals surface area contributed by atoms with Gasteiger partial charge in [-0.2, -0.15) is 0 Å². The van der Waals surface area contributed by atoms with E-state index < -0.39 is 5.82 Å². The van der Waals surface area contributed by atoms with Crippen LogP contribution in [-0.2, 0) is 17.8 Å². The zero-order chi connectivity index (χ0) is 20.5. The van der Waals surface area contributed by atoms with E-state index in [1.165, 1.54) is 29.5 Å². The maximum atomic E-state index is 13.2. The number of anilines is 1. The van der Waals surface area contributed by atoms with Gasteiger partial charge in [0.15, 0.2) is 0 Å². The predicted molar refractivity (Wildman–Crippen MR) is 111 cm³/mol. The second-order valence-electron chi connectivity index (χ2n) is 6.47. The van der Waals surface area contributed by atoms with E-state index >= 15 is 0 Å². The van der Waals surface area contributed by atoms with Gasteiger partial charge in [0, 0.05) is 25.1 Å². The molecule has 0 spiro atoms. The first-order valence-corrected chi connectivity index (χ1v) is 10.3. The van der Waals surface area contributed by atoms with Crippen molar-refractivity contribution in [2.75, 3.05) is 5.32 Å². The molecule has 0 fully saturated rings. The van der Waals surface area contributed by atoms with Gasteiger partial charge in [0.25, 0.3) is 5.56 Å². The van der Waals surface area contributed by atoms with Crippen LogP contribution in [0.4, 0.5) is 10.1 Å². The Bertz CT molecular complexity index is 1280. The molecule has 0 unspecified atom stereocenters. The van der Waals surface area contributed by atoms with E-state index in [1.807, 2.05) is 22.8 Å². The van der Waals surface area contributed by atoms with E-state index in [1.54, 1.807) is 4.57 Å². The average molecular weight is 434 g/mol. The van der Waals surface area contributed by atoms with Crippen LogP contribution in [0, 0.1) is 5.82 Å². The van der Waals surface area contributed by atoms with E-state index in [2.05, 4.69) is 15.5 Å². The number of amides is 1. The quantitative estimate of drug-likeness (QED) is 0.500. The van der Waals surface area contributed by atoms with Crippen LogP contribution in [0.3, 0.4) is 0 Å². The Morgan fingerprint density at radius 2 is 2.14 bits per heavy atom. The molecule has 7 nitrogen and oxygen atoms in total. The minimum absolute atomic E-state index is 0.0421. The summed E-state index contributed by atoms with van der Waals surface area (Å²) < 4.78 is 17.3. The van der Waals surface area contributed by atoms with Gasteiger partial charge in [-0.15, -0.1) is 21.5 Å². The first-order chi connectivity index (χ1) is 14.0. The van der Waals surface area contributed by atoms with Crippen molar-refractivity contribution in [1.82, 2.24) is 19.2 Å². The molecule has 0 atom stereocenters. The summed E-state index contributed by atoms with van der Waals surface area (Å²) in [5.41, 5.74) is 1.16. The molecule has 3 aromatic heterocycles. The molecule has 0 aliphatic carbocycles. The number of aromatic nitrogens is 4. The first kappa shape index (κ1) is 19.5. The molecule has 0 aliphatic heterocycles. The lowest BCUT2D eigenvalue weighted by molar-refractivity contribution is -0.116. The number of thiophene rings is 1. The summed E-state index contributed by atoms with van der Waals surface area (Å²) >= 11 is 7.12. The number of hydrogen-bond acceptors (Lipinski definition) is 5. The number of fused-ring (bicyclic) bond motifs is 3. The minimum atomic E-state index is -0.534. The lowest BCUT2D eigenvalue weighted by Gasteiger charge is -2.08. The van der Waals surface area contributed by atoms with E-state index in [0.29, 0.717) is 41.4 Å². The highest BCUT2D eigenvalue weighted by atomic mass is 35.5. The molecule has 0 saturated carbocycles. The smallest absolute Gasteiger partial charge is 0.272 e. The molecular weight excluding hydrogens is 417 g/mol. The molecule has 1 N–H and O–H groups in total. The van der Waals surface area contributed by atoms with Crippen molar-refractivity contribution in [2.45, 2.75) is 32.7 Å². The van der Waals surface area contributed by atoms with Crippen molar-refractivity contribution in [3.63, 3.8) is 0 Å². The van der Waals surface area contributed by atoms with Gasteiger partial charge < -0.3 is 5.32 Å². The highest BCUT2D eigenvalue weighted by molar-refractivity contribution is 7.17. The average Bonchev–Trinajstić information content (AvgIpc) is 3.32. The largest absolute Gasteiger partial charge is 0.326 e. The zero-order valence-corrected chi connectivity index (χ0v) is 17.1. The maximum absolute atomic E-state index is 13.2. The molecule has 1 aromatic carbocycles. The lowest BCUT2D eigenvalue weighted by Crippen LogP contribution is -2.21. The number of nitrogens with one attached hydrogen (secondary N) is 1. The van der Waals surface area contributed by atoms with Gasteiger partial charge in [-0.25, -0.2) is 4.39 Å². The van der Waals surface area contributed by atoms with Crippen LogP contribution in [-0.4, -0.2) is 25.1 Å². The van der Waals surface area contributed by atoms with Crippen LogP contribution < -0.4 is 10.9 Å². The Labute approximate surface area is 173 Å². The molecule has 3 heterocycles. The number of halogens is 2. The monoisotopic (exact) mass is 433 g/mol. The fourth-order valence-electron chi connectivity index (χ4n) is 3.23. The highest BCUT2D eigenvalue weighted by Gasteiger charge is 2.16. The minimum Gasteiger partial charge on any atom is -0.326 e. The summed E-state index contributed by atoms with van der Waals surface area (Å²) in [5, 5.41) is 13.0. The number of carbonyl (C=O) groups excluding carboxylic acids is 1. The van der Waals surface area contributed by atoms with Crippen molar-refractivity contribution in [3.05, 3.63) is 56.7 Å². The second-order valence-corrected chi connectivity index (χ2v) is 7.79. The Kier molecular flexibility index (Phi) is 5.33. The van der Waals surface area contributed by atoms with Crippen LogP contribution in [0.2, 0.25) is 5.02 Å². The molecule has 10 heteroatoms. The van der Waals surface area contributed by atoms with Crippen LogP contribution in [0.1, 0.15) is 25.6 Å². The summed E-state index contributed by atoms with van der Waals surface area (Å²) in [6, 6.07) is 5.92. The molecule has 150 valence electrons. The van der Waals surface area contributed by atoms with Crippen LogP contribution in [0.5, 0.6) is 0 Å². The Hall–Kier alpha value is -2.78. The molecule has 4 rings (SSSR count). The third-order valence-corrected chi connectivity index (χ3v) is 5.78. The van der Waals surface area contributed by atoms with Crippen molar-refractivity contribution in [3.8, 4) is 0 Å². The number of benzene rings is 1. The summed E-state index contributed by atoms with van der Waals surface area (Å²) in [4.78, 5) is 24.8. The summed E-state index contributed by atoms with van der Waals surface area (Å²) in [7, 11) is 0. The van der Waals surface area contributed by atoms with Gasteiger partial charge >= 0.3 is 0 Å². The lowest BCUT2D eigenvalue weighted by atomic mass is 10.2. The van der Waals surface area contributed by atoms with Crippen molar-refractivity contribution in [2.24, 2.45) is 0 Å². The number of aryl methyl sites for hydroxylation is 2. The standard InChI is InChI=1S/C19H17ClFN5O2S/c1-2-25-18(28)17-14(8-9-29-17)26-15(23-24-19(25)26)4-3-5-16(27)22-11-6-7-13(21)12(20)10-11/h6-10H,2-5H2,1H3,(H,22,27). The summed E-state index contributed by atoms with van der Waals surface area (Å²) in [6.45, 7) is 2.39. The van der Waals surface area contributed by atoms with Gasteiger partial charge in [-0.05, 0) is 43.0 Å². The second kappa shape index (κ2) is 7.92. The molecular formula is C19H17ClFN5O2S. The Morgan fingerprint density at radius 1 is 1.31 bits per heavy atom. The highest BCUT2D eigenvalue weighted by Crippen LogP contribution is 2.21. The van der Waals surface area contributed by atoms with Gasteiger partial charge in [-0.1, -0.05) is 11.6 Å². The molecule has 29 heavy (non-hydrogen) atoms. The fraction of sp³-hybridized carbons (Fsp3) is 0.263. The van der Waals surface area contributed by atoms with E-state index in [-0.39, 0.29) is 22.9 Å². The maximum Gasteiger partial charge on any atom is 0.272 e. The van der Waals surface area contributed by atoms with Crippen molar-refractivity contribution < 1.29 is 9.18 Å². The van der Waals surface area contributed by atoms with Crippen LogP contribution in [0.15, 0.2) is 34.4 Å². The van der Waals surface area contributed by atoms with Gasteiger partial charge in [0.05, 0.1) is 10.5 Å². The van der Waals surface area contributed by atoms with E-state index in [0.717, 1.165) is 5.52 Å². The van der Waals surface area contributed by atoms with Crippen LogP contribution in [0.25, 0.3) is 16.0 Å². The van der Waals surface area contributed by atoms with Gasteiger partial charge in [0.2, 0.25) is 11.7 Å². The normalized spacial score (nSPS) is 11.4. The van der Waals surface area contributed by atoms with Crippen molar-refractivity contribution >= 4 is 50.5 Å². The predicted octanol–water partition coefficient (Wildman–Crippen LogP) is 3.88. The summed E-state index contributed by atoms with van der Waals surface area (Å²) in [5.74, 6) is 0.466. The topological polar surface area (TPSA) is 81.3 Å². The van der Waals surface area contributed by atoms with Crippen LogP contribution >= 0.6 is 22.9 Å². The molecule has 4 aromatic rings. The zero-order valence-electron chi connectivity index (χ0n) is 15.5. The molecule has 0 bridgehead atoms. The molecule has 0 saturated heterocycles. The third-order valence-electron chi connectivity index (χ3n) is 4.60.